The molecule has 0 saturated heterocycles. The molecule has 0 aromatic heterocycles. The van der Waals surface area contributed by atoms with Gasteiger partial charge in [-0.15, -0.1) is 0 Å². The highest BCUT2D eigenvalue weighted by Crippen LogP contribution is 2.50. The lowest BCUT2D eigenvalue weighted by Gasteiger charge is -2.38. The molecule has 1 amide bonds. The molecule has 3 N–H and O–H groups in total. The van der Waals surface area contributed by atoms with E-state index in [2.05, 4.69) is 5.32 Å². The van der Waals surface area contributed by atoms with Crippen LogP contribution < -0.4 is 15.8 Å². The van der Waals surface area contributed by atoms with Gasteiger partial charge in [-0.05, 0) is 30.5 Å². The number of ketones is 1. The molecule has 2 aliphatic rings. The summed E-state index contributed by atoms with van der Waals surface area (Å²) in [7, 11) is 0. The molecule has 1 unspecified atom stereocenters. The number of anilines is 1. The van der Waals surface area contributed by atoms with E-state index in [0.717, 1.165) is 12.1 Å². The van der Waals surface area contributed by atoms with Crippen molar-refractivity contribution in [2.45, 2.75) is 45.7 Å². The van der Waals surface area contributed by atoms with Crippen LogP contribution in [0.4, 0.5) is 18.9 Å². The minimum atomic E-state index is -4.66. The number of nitrogens with one attached hydrogen (secondary N) is 1. The molecule has 1 heterocycles. The highest BCUT2D eigenvalue weighted by atomic mass is 19.4. The lowest BCUT2D eigenvalue weighted by Crippen LogP contribution is -2.36. The molecule has 8 nitrogen and oxygen atoms in total. The molecule has 212 valence electrons. The summed E-state index contributed by atoms with van der Waals surface area (Å²) in [5.74, 6) is -2.58. The van der Waals surface area contributed by atoms with Gasteiger partial charge in [-0.25, -0.2) is 4.79 Å². The van der Waals surface area contributed by atoms with E-state index in [1.54, 1.807) is 25.1 Å². The fraction of sp³-hybridized carbons (Fsp3) is 0.345. The predicted molar refractivity (Wildman–Crippen MR) is 139 cm³/mol. The number of allylic oxidation sites excluding steroid dienone is 2. The number of para-hydroxylation sites is 2. The van der Waals surface area contributed by atoms with Crippen LogP contribution in [0.5, 0.6) is 5.75 Å². The number of amides is 1. The minimum absolute atomic E-state index is 0.0485. The first-order valence-corrected chi connectivity index (χ1v) is 12.6. The lowest BCUT2D eigenvalue weighted by atomic mass is 9.70. The summed E-state index contributed by atoms with van der Waals surface area (Å²) in [5, 5.41) is 2.23. The molecule has 1 aliphatic carbocycles. The zero-order chi connectivity index (χ0) is 29.2. The third-order valence-electron chi connectivity index (χ3n) is 6.55. The Morgan fingerprint density at radius 3 is 2.48 bits per heavy atom. The van der Waals surface area contributed by atoms with Gasteiger partial charge < -0.3 is 25.3 Å². The van der Waals surface area contributed by atoms with Crippen LogP contribution in [0.15, 0.2) is 71.3 Å². The van der Waals surface area contributed by atoms with Crippen LogP contribution in [0.25, 0.3) is 0 Å². The van der Waals surface area contributed by atoms with Crippen molar-refractivity contribution in [3.63, 3.8) is 0 Å². The number of esters is 1. The molecule has 0 fully saturated rings. The van der Waals surface area contributed by atoms with Gasteiger partial charge in [0.25, 0.3) is 5.91 Å². The van der Waals surface area contributed by atoms with Crippen molar-refractivity contribution < 1.29 is 41.8 Å². The molecule has 0 radical (unpaired) electrons. The molecule has 11 heteroatoms. The van der Waals surface area contributed by atoms with Crippen molar-refractivity contribution in [1.82, 2.24) is 0 Å². The topological polar surface area (TPSA) is 117 Å². The van der Waals surface area contributed by atoms with E-state index >= 15 is 0 Å². The van der Waals surface area contributed by atoms with Crippen molar-refractivity contribution in [1.29, 1.82) is 0 Å². The maximum Gasteiger partial charge on any atom is 0.418 e. The van der Waals surface area contributed by atoms with Crippen LogP contribution in [0.1, 0.15) is 50.7 Å². The Kier molecular flexibility index (Phi) is 7.95. The third kappa shape index (κ3) is 5.98. The van der Waals surface area contributed by atoms with Crippen LogP contribution >= 0.6 is 0 Å². The molecular weight excluding hydrogens is 529 g/mol. The van der Waals surface area contributed by atoms with Crippen molar-refractivity contribution in [3.8, 4) is 5.75 Å². The number of carbonyl (C=O) groups is 3. The van der Waals surface area contributed by atoms with Crippen LogP contribution in [0.2, 0.25) is 0 Å². The van der Waals surface area contributed by atoms with Gasteiger partial charge in [0.05, 0.1) is 23.8 Å². The highest BCUT2D eigenvalue weighted by molar-refractivity contribution is 6.04. The second-order valence-corrected chi connectivity index (χ2v) is 10.2. The third-order valence-corrected chi connectivity index (χ3v) is 6.55. The minimum Gasteiger partial charge on any atom is -0.483 e. The molecule has 2 aromatic carbocycles. The van der Waals surface area contributed by atoms with Gasteiger partial charge in [-0.3, -0.25) is 9.59 Å². The Morgan fingerprint density at radius 2 is 1.77 bits per heavy atom. The maximum atomic E-state index is 13.4. The second kappa shape index (κ2) is 11.1. The fourth-order valence-corrected chi connectivity index (χ4v) is 4.92. The number of carbonyl (C=O) groups excluding carboxylic acids is 3. The average Bonchev–Trinajstić information content (AvgIpc) is 2.86. The number of hydrogen-bond donors (Lipinski definition) is 2. The number of nitrogens with two attached hydrogens (primary N) is 1. The normalized spacial score (nSPS) is 18.6. The average molecular weight is 559 g/mol. The van der Waals surface area contributed by atoms with Gasteiger partial charge >= 0.3 is 12.1 Å². The summed E-state index contributed by atoms with van der Waals surface area (Å²) >= 11 is 0. The van der Waals surface area contributed by atoms with Gasteiger partial charge in [0.1, 0.15) is 17.1 Å². The van der Waals surface area contributed by atoms with Crippen LogP contribution in [-0.2, 0) is 30.0 Å². The fourth-order valence-electron chi connectivity index (χ4n) is 4.92. The molecule has 0 bridgehead atoms. The Bertz CT molecular complexity index is 1410. The Balaban J connectivity index is 1.68. The van der Waals surface area contributed by atoms with E-state index in [-0.39, 0.29) is 41.6 Å². The van der Waals surface area contributed by atoms with Gasteiger partial charge in [-0.1, -0.05) is 44.2 Å². The number of benzene rings is 2. The quantitative estimate of drug-likeness (QED) is 0.448. The molecule has 4 rings (SSSR count). The van der Waals surface area contributed by atoms with E-state index < -0.39 is 47.2 Å². The SMILES string of the molecule is CCOC(=O)C1=C(N)OC2=C(C(=O)CC(C)(C)C2)C1c1ccccc1OCC(=O)Nc1ccccc1C(F)(F)F. The molecular formula is C29H29F3N2O6. The van der Waals surface area contributed by atoms with Crippen molar-refractivity contribution in [2.24, 2.45) is 11.1 Å². The Hall–Kier alpha value is -4.28. The summed E-state index contributed by atoms with van der Waals surface area (Å²) in [6.45, 7) is 4.86. The van der Waals surface area contributed by atoms with Gasteiger partial charge in [0, 0.05) is 24.0 Å². The predicted octanol–water partition coefficient (Wildman–Crippen LogP) is 5.21. The largest absolute Gasteiger partial charge is 0.483 e. The second-order valence-electron chi connectivity index (χ2n) is 10.2. The number of halogens is 3. The van der Waals surface area contributed by atoms with E-state index in [0.29, 0.717) is 17.7 Å². The van der Waals surface area contributed by atoms with Crippen molar-refractivity contribution in [3.05, 3.63) is 82.4 Å². The van der Waals surface area contributed by atoms with Gasteiger partial charge in [-0.2, -0.15) is 13.2 Å². The van der Waals surface area contributed by atoms with E-state index in [1.165, 1.54) is 18.2 Å². The summed E-state index contributed by atoms with van der Waals surface area (Å²) in [5.41, 5.74) is 4.91. The molecule has 0 saturated carbocycles. The zero-order valence-electron chi connectivity index (χ0n) is 22.2. The van der Waals surface area contributed by atoms with E-state index in [4.69, 9.17) is 19.9 Å². The first-order valence-electron chi connectivity index (χ1n) is 12.6. The Morgan fingerprint density at radius 1 is 1.10 bits per heavy atom. The molecule has 1 atom stereocenters. The highest BCUT2D eigenvalue weighted by Gasteiger charge is 2.46. The van der Waals surface area contributed by atoms with E-state index in [1.807, 2.05) is 13.8 Å². The van der Waals surface area contributed by atoms with Crippen LogP contribution in [0.3, 0.4) is 0 Å². The summed E-state index contributed by atoms with van der Waals surface area (Å²) in [4.78, 5) is 39.1. The number of ether oxygens (including phenoxy) is 3. The maximum absolute atomic E-state index is 13.4. The van der Waals surface area contributed by atoms with Crippen molar-refractivity contribution in [2.75, 3.05) is 18.5 Å². The standard InChI is InChI=1S/C29H29F3N2O6/c1-4-38-27(37)25-23(24-19(35)13-28(2,3)14-21(24)40-26(25)33)16-9-5-8-12-20(16)39-15-22(36)34-18-11-7-6-10-17(18)29(30,31)32/h5-12,23H,4,13-15,33H2,1-3H3,(H,34,36). The van der Waals surface area contributed by atoms with E-state index in [9.17, 15) is 27.6 Å². The number of alkyl halides is 3. The molecule has 2 aromatic rings. The number of hydrogen-bond acceptors (Lipinski definition) is 7. The van der Waals surface area contributed by atoms with Gasteiger partial charge in [0.15, 0.2) is 12.4 Å². The first-order chi connectivity index (χ1) is 18.8. The van der Waals surface area contributed by atoms with Crippen molar-refractivity contribution >= 4 is 23.3 Å². The molecule has 1 aliphatic heterocycles. The summed E-state index contributed by atoms with van der Waals surface area (Å²) in [6, 6.07) is 11.0. The monoisotopic (exact) mass is 558 g/mol. The Labute approximate surface area is 229 Å². The number of Topliss-reactive ketones (excluding diaryl/α,β-unsaturated/α-hetero) is 1. The summed E-state index contributed by atoms with van der Waals surface area (Å²) < 4.78 is 56.8. The zero-order valence-corrected chi connectivity index (χ0v) is 22.2. The van der Waals surface area contributed by atoms with Gasteiger partial charge in [0.2, 0.25) is 5.88 Å². The smallest absolute Gasteiger partial charge is 0.418 e. The summed E-state index contributed by atoms with van der Waals surface area (Å²) in [6.07, 6.45) is -4.07. The first kappa shape index (κ1) is 28.7. The molecule has 0 spiro atoms. The lowest BCUT2D eigenvalue weighted by molar-refractivity contribution is -0.139. The molecule has 40 heavy (non-hydrogen) atoms. The van der Waals surface area contributed by atoms with Crippen LogP contribution in [0, 0.1) is 5.41 Å². The number of rotatable bonds is 7. The van der Waals surface area contributed by atoms with Crippen LogP contribution in [-0.4, -0.2) is 30.9 Å².